The third kappa shape index (κ3) is 3.41. The predicted octanol–water partition coefficient (Wildman–Crippen LogP) is 3.92. The fraction of sp³-hybridized carbons (Fsp3) is 0.150. The highest BCUT2D eigenvalue weighted by molar-refractivity contribution is 5.73. The summed E-state index contributed by atoms with van der Waals surface area (Å²) in [6.45, 7) is 4.94. The molecule has 0 amide bonds. The van der Waals surface area contributed by atoms with Crippen LogP contribution in [-0.2, 0) is 0 Å². The molecule has 3 rings (SSSR count). The van der Waals surface area contributed by atoms with E-state index in [4.69, 9.17) is 0 Å². The highest BCUT2D eigenvalue weighted by atomic mass is 16.3. The minimum atomic E-state index is 0.211. The first-order valence-corrected chi connectivity index (χ1v) is 7.86. The van der Waals surface area contributed by atoms with Crippen molar-refractivity contribution in [2.24, 2.45) is 0 Å². The SMILES string of the molecule is CCNc1ccc(C#Cc2cn[nH]c2-c2cc(C)ccc2O)cc1. The largest absolute Gasteiger partial charge is 0.507 e. The van der Waals surface area contributed by atoms with E-state index in [0.717, 1.165) is 34.6 Å². The highest BCUT2D eigenvalue weighted by Crippen LogP contribution is 2.30. The predicted molar refractivity (Wildman–Crippen MR) is 97.0 cm³/mol. The Bertz CT molecular complexity index is 899. The molecule has 0 saturated heterocycles. The molecule has 4 heteroatoms. The lowest BCUT2D eigenvalue weighted by atomic mass is 10.0. The van der Waals surface area contributed by atoms with Gasteiger partial charge in [-0.1, -0.05) is 23.5 Å². The van der Waals surface area contributed by atoms with Crippen molar-refractivity contribution in [1.82, 2.24) is 10.2 Å². The maximum Gasteiger partial charge on any atom is 0.125 e. The summed E-state index contributed by atoms with van der Waals surface area (Å²) in [5, 5.41) is 20.4. The summed E-state index contributed by atoms with van der Waals surface area (Å²) in [5.41, 5.74) is 5.27. The first-order chi connectivity index (χ1) is 11.7. The summed E-state index contributed by atoms with van der Waals surface area (Å²) < 4.78 is 0. The fourth-order valence-corrected chi connectivity index (χ4v) is 2.45. The van der Waals surface area contributed by atoms with Crippen LogP contribution in [0, 0.1) is 18.8 Å². The van der Waals surface area contributed by atoms with Crippen LogP contribution in [0.2, 0.25) is 0 Å². The number of hydrogen-bond donors (Lipinski definition) is 3. The molecule has 0 atom stereocenters. The zero-order chi connectivity index (χ0) is 16.9. The summed E-state index contributed by atoms with van der Waals surface area (Å²) in [6, 6.07) is 13.4. The van der Waals surface area contributed by atoms with Gasteiger partial charge in [-0.3, -0.25) is 5.10 Å². The quantitative estimate of drug-likeness (QED) is 0.642. The Morgan fingerprint density at radius 2 is 1.92 bits per heavy atom. The van der Waals surface area contributed by atoms with Crippen LogP contribution in [-0.4, -0.2) is 21.8 Å². The first-order valence-electron chi connectivity index (χ1n) is 7.86. The molecule has 0 unspecified atom stereocenters. The van der Waals surface area contributed by atoms with Crippen LogP contribution in [0.15, 0.2) is 48.7 Å². The smallest absolute Gasteiger partial charge is 0.125 e. The molecule has 3 aromatic rings. The molecule has 0 fully saturated rings. The zero-order valence-electron chi connectivity index (χ0n) is 13.7. The van der Waals surface area contributed by atoms with Gasteiger partial charge in [-0.25, -0.2) is 0 Å². The van der Waals surface area contributed by atoms with E-state index in [2.05, 4.69) is 34.3 Å². The van der Waals surface area contributed by atoms with E-state index in [9.17, 15) is 5.11 Å². The van der Waals surface area contributed by atoms with Gasteiger partial charge >= 0.3 is 0 Å². The number of H-pyrrole nitrogens is 1. The van der Waals surface area contributed by atoms with Crippen LogP contribution in [0.3, 0.4) is 0 Å². The number of nitrogens with zero attached hydrogens (tertiary/aromatic N) is 1. The van der Waals surface area contributed by atoms with Crippen molar-refractivity contribution in [1.29, 1.82) is 0 Å². The van der Waals surface area contributed by atoms with Gasteiger partial charge in [0.2, 0.25) is 0 Å². The number of aromatic nitrogens is 2. The molecule has 120 valence electrons. The lowest BCUT2D eigenvalue weighted by Gasteiger charge is -2.04. The third-order valence-electron chi connectivity index (χ3n) is 3.67. The van der Waals surface area contributed by atoms with Crippen LogP contribution < -0.4 is 5.32 Å². The van der Waals surface area contributed by atoms with Crippen LogP contribution in [0.25, 0.3) is 11.3 Å². The standard InChI is InChI=1S/C20H19N3O/c1-3-21-17-9-6-15(7-10-17)5-8-16-13-22-23-20(16)18-12-14(2)4-11-19(18)24/h4,6-7,9-13,21,24H,3H2,1-2H3,(H,22,23). The van der Waals surface area contributed by atoms with Crippen molar-refractivity contribution in [3.05, 3.63) is 65.4 Å². The van der Waals surface area contributed by atoms with Gasteiger partial charge in [0, 0.05) is 23.4 Å². The van der Waals surface area contributed by atoms with Gasteiger partial charge < -0.3 is 10.4 Å². The van der Waals surface area contributed by atoms with E-state index in [1.54, 1.807) is 12.3 Å². The molecule has 24 heavy (non-hydrogen) atoms. The molecular formula is C20H19N3O. The van der Waals surface area contributed by atoms with Crippen molar-refractivity contribution in [3.8, 4) is 28.8 Å². The molecule has 2 aromatic carbocycles. The van der Waals surface area contributed by atoms with Gasteiger partial charge in [0.05, 0.1) is 17.5 Å². The summed E-state index contributed by atoms with van der Waals surface area (Å²) in [5.74, 6) is 6.48. The van der Waals surface area contributed by atoms with E-state index < -0.39 is 0 Å². The van der Waals surface area contributed by atoms with Crippen molar-refractivity contribution in [2.75, 3.05) is 11.9 Å². The number of benzene rings is 2. The number of nitrogens with one attached hydrogen (secondary N) is 2. The van der Waals surface area contributed by atoms with Crippen molar-refractivity contribution in [3.63, 3.8) is 0 Å². The number of anilines is 1. The minimum Gasteiger partial charge on any atom is -0.507 e. The van der Waals surface area contributed by atoms with Crippen LogP contribution in [0.5, 0.6) is 5.75 Å². The summed E-state index contributed by atoms with van der Waals surface area (Å²) in [4.78, 5) is 0. The monoisotopic (exact) mass is 317 g/mol. The van der Waals surface area contributed by atoms with Gasteiger partial charge in [-0.15, -0.1) is 0 Å². The maximum atomic E-state index is 10.1. The normalized spacial score (nSPS) is 10.1. The molecule has 0 saturated carbocycles. The van der Waals surface area contributed by atoms with E-state index >= 15 is 0 Å². The topological polar surface area (TPSA) is 60.9 Å². The lowest BCUT2D eigenvalue weighted by molar-refractivity contribution is 0.477. The summed E-state index contributed by atoms with van der Waals surface area (Å²) >= 11 is 0. The van der Waals surface area contributed by atoms with Gasteiger partial charge in [0.15, 0.2) is 0 Å². The second-order valence-corrected chi connectivity index (χ2v) is 5.54. The third-order valence-corrected chi connectivity index (χ3v) is 3.67. The average molecular weight is 317 g/mol. The number of hydrogen-bond acceptors (Lipinski definition) is 3. The molecule has 0 radical (unpaired) electrons. The lowest BCUT2D eigenvalue weighted by Crippen LogP contribution is -1.95. The van der Waals surface area contributed by atoms with E-state index in [0.29, 0.717) is 5.56 Å². The highest BCUT2D eigenvalue weighted by Gasteiger charge is 2.10. The number of phenolic OH excluding ortho intramolecular Hbond substituents is 1. The molecule has 0 aliphatic carbocycles. The molecule has 4 nitrogen and oxygen atoms in total. The van der Waals surface area contributed by atoms with Gasteiger partial charge in [-0.05, 0) is 50.2 Å². The Morgan fingerprint density at radius 3 is 2.67 bits per heavy atom. The average Bonchev–Trinajstić information content (AvgIpc) is 3.05. The van der Waals surface area contributed by atoms with Crippen LogP contribution >= 0.6 is 0 Å². The van der Waals surface area contributed by atoms with E-state index in [1.807, 2.05) is 43.3 Å². The van der Waals surface area contributed by atoms with Crippen LogP contribution in [0.1, 0.15) is 23.6 Å². The Hall–Kier alpha value is -3.19. The second-order valence-electron chi connectivity index (χ2n) is 5.54. The first kappa shape index (κ1) is 15.7. The van der Waals surface area contributed by atoms with Crippen molar-refractivity contribution < 1.29 is 5.11 Å². The number of aryl methyl sites for hydroxylation is 1. The van der Waals surface area contributed by atoms with E-state index in [-0.39, 0.29) is 5.75 Å². The number of aromatic amines is 1. The van der Waals surface area contributed by atoms with Crippen molar-refractivity contribution in [2.45, 2.75) is 13.8 Å². The Kier molecular flexibility index (Phi) is 4.53. The summed E-state index contributed by atoms with van der Waals surface area (Å²) in [6.07, 6.45) is 1.68. The molecule has 1 aromatic heterocycles. The molecule has 0 bridgehead atoms. The molecule has 0 aliphatic rings. The second kappa shape index (κ2) is 6.93. The minimum absolute atomic E-state index is 0.211. The molecule has 0 spiro atoms. The number of aromatic hydroxyl groups is 1. The van der Waals surface area contributed by atoms with Crippen molar-refractivity contribution >= 4 is 5.69 Å². The number of phenols is 1. The van der Waals surface area contributed by atoms with Gasteiger partial charge in [-0.2, -0.15) is 5.10 Å². The fourth-order valence-electron chi connectivity index (χ4n) is 2.45. The maximum absolute atomic E-state index is 10.1. The molecule has 0 aliphatic heterocycles. The van der Waals surface area contributed by atoms with E-state index in [1.165, 1.54) is 0 Å². The Balaban J connectivity index is 1.90. The van der Waals surface area contributed by atoms with Crippen LogP contribution in [0.4, 0.5) is 5.69 Å². The van der Waals surface area contributed by atoms with Gasteiger partial charge in [0.25, 0.3) is 0 Å². The Morgan fingerprint density at radius 1 is 1.12 bits per heavy atom. The molecular weight excluding hydrogens is 298 g/mol. The Labute approximate surface area is 141 Å². The molecule has 3 N–H and O–H groups in total. The molecule has 1 heterocycles. The zero-order valence-corrected chi connectivity index (χ0v) is 13.7. The van der Waals surface area contributed by atoms with Gasteiger partial charge in [0.1, 0.15) is 5.75 Å². The number of rotatable bonds is 3. The summed E-state index contributed by atoms with van der Waals surface area (Å²) in [7, 11) is 0.